The van der Waals surface area contributed by atoms with Crippen LogP contribution in [-0.2, 0) is 28.6 Å². The molecule has 0 amide bonds. The van der Waals surface area contributed by atoms with Crippen LogP contribution in [0.2, 0.25) is 0 Å². The minimum absolute atomic E-state index is 0.0245. The Morgan fingerprint density at radius 1 is 1.08 bits per heavy atom. The Balaban J connectivity index is 1.56. The number of Topliss-reactive ketones (excluding diaryl/α,β-unsaturated/α-hetero) is 1. The summed E-state index contributed by atoms with van der Waals surface area (Å²) in [5, 5.41) is 9.52. The minimum atomic E-state index is -0.891. The molecule has 1 aliphatic heterocycles. The molecule has 2 fully saturated rings. The first-order valence-corrected chi connectivity index (χ1v) is 12.2. The van der Waals surface area contributed by atoms with Crippen LogP contribution in [0.4, 0.5) is 0 Å². The van der Waals surface area contributed by atoms with Crippen LogP contribution in [0, 0.1) is 28.6 Å². The van der Waals surface area contributed by atoms with Gasteiger partial charge in [0, 0.05) is 11.5 Å². The number of carbonyl (C=O) groups is 4. The molecule has 194 valence electrons. The van der Waals surface area contributed by atoms with E-state index in [4.69, 9.17) is 18.6 Å². The standard InChI is InChI=1S/C28H28O9/c1-27-10-8-18-26(33)37-21(16-9-11-35-14-16)13-28(18,2)23(27)22(30)20(12-19(27)25(32)34-3)36-24(31)15-4-6-17(29)7-5-15/h4-7,9,11-12,14,18-19,21,23,29H,8,10,13H2,1-3H3/t18-,19-,21-,23-,27-,28-/m0/s1. The van der Waals surface area contributed by atoms with Crippen LogP contribution in [0.25, 0.3) is 0 Å². The largest absolute Gasteiger partial charge is 0.508 e. The van der Waals surface area contributed by atoms with Gasteiger partial charge < -0.3 is 23.7 Å². The molecule has 3 aliphatic rings. The predicted molar refractivity (Wildman–Crippen MR) is 127 cm³/mol. The molecule has 1 aromatic heterocycles. The summed E-state index contributed by atoms with van der Waals surface area (Å²) in [5.74, 6) is -4.73. The molecule has 2 aromatic rings. The lowest BCUT2D eigenvalue weighted by Crippen LogP contribution is -2.61. The van der Waals surface area contributed by atoms with E-state index in [1.165, 1.54) is 50.0 Å². The first kappa shape index (κ1) is 24.8. The third kappa shape index (κ3) is 3.93. The van der Waals surface area contributed by atoms with E-state index >= 15 is 0 Å². The number of ether oxygens (including phenoxy) is 3. The lowest BCUT2D eigenvalue weighted by Gasteiger charge is -2.59. The van der Waals surface area contributed by atoms with Crippen molar-refractivity contribution in [1.29, 1.82) is 0 Å². The Morgan fingerprint density at radius 3 is 2.46 bits per heavy atom. The lowest BCUT2D eigenvalue weighted by atomic mass is 9.44. The Kier molecular flexibility index (Phi) is 5.96. The summed E-state index contributed by atoms with van der Waals surface area (Å²) in [7, 11) is 1.27. The first-order valence-electron chi connectivity index (χ1n) is 12.2. The summed E-state index contributed by atoms with van der Waals surface area (Å²) in [6, 6.07) is 7.13. The zero-order chi connectivity index (χ0) is 26.5. The van der Waals surface area contributed by atoms with Gasteiger partial charge in [-0.25, -0.2) is 4.79 Å². The smallest absolute Gasteiger partial charge is 0.343 e. The van der Waals surface area contributed by atoms with Crippen molar-refractivity contribution < 1.29 is 42.9 Å². The third-order valence-electron chi connectivity index (χ3n) is 8.46. The van der Waals surface area contributed by atoms with E-state index in [2.05, 4.69) is 0 Å². The molecule has 6 atom stereocenters. The van der Waals surface area contributed by atoms with Crippen LogP contribution in [0.3, 0.4) is 0 Å². The van der Waals surface area contributed by atoms with E-state index in [1.54, 1.807) is 6.07 Å². The van der Waals surface area contributed by atoms with Crippen molar-refractivity contribution in [1.82, 2.24) is 0 Å². The SMILES string of the molecule is COC(=O)[C@@H]1C=C(OC(=O)c2ccc(O)cc2)C(=O)[C@H]2[C@@]1(C)CC[C@H]1C(=O)O[C@H](c3ccoc3)C[C@]21C. The normalized spacial score (nSPS) is 32.9. The zero-order valence-corrected chi connectivity index (χ0v) is 20.8. The van der Waals surface area contributed by atoms with Crippen molar-refractivity contribution >= 4 is 23.7 Å². The van der Waals surface area contributed by atoms with E-state index in [0.29, 0.717) is 24.8 Å². The Labute approximate surface area is 213 Å². The topological polar surface area (TPSA) is 129 Å². The molecule has 1 saturated heterocycles. The van der Waals surface area contributed by atoms with Gasteiger partial charge in [-0.1, -0.05) is 13.8 Å². The highest BCUT2D eigenvalue weighted by molar-refractivity contribution is 6.03. The number of carbonyl (C=O) groups excluding carboxylic acids is 4. The highest BCUT2D eigenvalue weighted by atomic mass is 16.6. The highest BCUT2D eigenvalue weighted by Crippen LogP contribution is 2.64. The summed E-state index contributed by atoms with van der Waals surface area (Å²) in [5.41, 5.74) is -0.952. The van der Waals surface area contributed by atoms with Crippen molar-refractivity contribution in [3.05, 3.63) is 65.8 Å². The molecule has 2 aliphatic carbocycles. The predicted octanol–water partition coefficient (Wildman–Crippen LogP) is 4.12. The van der Waals surface area contributed by atoms with E-state index in [0.717, 1.165) is 0 Å². The number of ketones is 1. The highest BCUT2D eigenvalue weighted by Gasteiger charge is 2.66. The van der Waals surface area contributed by atoms with Gasteiger partial charge in [-0.3, -0.25) is 14.4 Å². The van der Waals surface area contributed by atoms with E-state index in [1.807, 2.05) is 13.8 Å². The first-order chi connectivity index (χ1) is 17.6. The number of cyclic esters (lactones) is 1. The average Bonchev–Trinajstić information content (AvgIpc) is 3.40. The number of hydrogen-bond acceptors (Lipinski definition) is 9. The maximum atomic E-state index is 14.1. The van der Waals surface area contributed by atoms with Crippen LogP contribution >= 0.6 is 0 Å². The molecule has 5 rings (SSSR count). The Bertz CT molecular complexity index is 1280. The monoisotopic (exact) mass is 508 g/mol. The van der Waals surface area contributed by atoms with Crippen LogP contribution in [0.5, 0.6) is 5.75 Å². The molecule has 2 heterocycles. The zero-order valence-electron chi connectivity index (χ0n) is 20.8. The molecule has 0 unspecified atom stereocenters. The number of hydrogen-bond donors (Lipinski definition) is 1. The van der Waals surface area contributed by atoms with Crippen LogP contribution in [0.1, 0.15) is 55.1 Å². The fourth-order valence-corrected chi connectivity index (χ4v) is 6.64. The molecule has 9 nitrogen and oxygen atoms in total. The molecule has 0 bridgehead atoms. The lowest BCUT2D eigenvalue weighted by molar-refractivity contribution is -0.197. The van der Waals surface area contributed by atoms with Gasteiger partial charge in [-0.15, -0.1) is 0 Å². The van der Waals surface area contributed by atoms with Crippen molar-refractivity contribution in [2.75, 3.05) is 7.11 Å². The number of phenols is 1. The summed E-state index contributed by atoms with van der Waals surface area (Å²) in [4.78, 5) is 53.2. The maximum absolute atomic E-state index is 14.1. The third-order valence-corrected chi connectivity index (χ3v) is 8.46. The summed E-state index contributed by atoms with van der Waals surface area (Å²) in [6.45, 7) is 3.74. The number of benzene rings is 1. The number of aromatic hydroxyl groups is 1. The maximum Gasteiger partial charge on any atom is 0.343 e. The molecule has 0 radical (unpaired) electrons. The second-order valence-electron chi connectivity index (χ2n) is 10.6. The van der Waals surface area contributed by atoms with E-state index in [9.17, 15) is 24.3 Å². The molecule has 1 saturated carbocycles. The average molecular weight is 509 g/mol. The summed E-state index contributed by atoms with van der Waals surface area (Å²) in [6.07, 6.45) is 4.94. The Hall–Kier alpha value is -3.88. The molecule has 1 aromatic carbocycles. The fraction of sp³-hybridized carbons (Fsp3) is 0.429. The van der Waals surface area contributed by atoms with Gasteiger partial charge in [0.15, 0.2) is 5.76 Å². The van der Waals surface area contributed by atoms with E-state index in [-0.39, 0.29) is 17.1 Å². The number of rotatable bonds is 4. The van der Waals surface area contributed by atoms with Gasteiger partial charge in [0.1, 0.15) is 11.9 Å². The second-order valence-corrected chi connectivity index (χ2v) is 10.6. The van der Waals surface area contributed by atoms with Crippen LogP contribution in [-0.4, -0.2) is 35.9 Å². The summed E-state index contributed by atoms with van der Waals surface area (Å²) < 4.78 is 21.6. The number of fused-ring (bicyclic) bond motifs is 3. The van der Waals surface area contributed by atoms with Crippen LogP contribution < -0.4 is 0 Å². The minimum Gasteiger partial charge on any atom is -0.508 e. The molecular formula is C28H28O9. The molecular weight excluding hydrogens is 480 g/mol. The molecule has 1 N–H and O–H groups in total. The number of furan rings is 1. The molecule has 0 spiro atoms. The van der Waals surface area contributed by atoms with Crippen LogP contribution in [0.15, 0.2) is 59.1 Å². The van der Waals surface area contributed by atoms with Gasteiger partial charge in [-0.2, -0.15) is 0 Å². The van der Waals surface area contributed by atoms with Crippen molar-refractivity contribution in [3.8, 4) is 5.75 Å². The quantitative estimate of drug-likeness (QED) is 0.479. The van der Waals surface area contributed by atoms with Crippen molar-refractivity contribution in [2.45, 2.75) is 39.2 Å². The van der Waals surface area contributed by atoms with Gasteiger partial charge in [0.2, 0.25) is 5.78 Å². The van der Waals surface area contributed by atoms with E-state index < -0.39 is 58.4 Å². The van der Waals surface area contributed by atoms with Gasteiger partial charge >= 0.3 is 17.9 Å². The molecule has 37 heavy (non-hydrogen) atoms. The molecule has 9 heteroatoms. The van der Waals surface area contributed by atoms with Crippen molar-refractivity contribution in [3.63, 3.8) is 0 Å². The van der Waals surface area contributed by atoms with Gasteiger partial charge in [0.05, 0.1) is 37.0 Å². The number of allylic oxidation sites excluding steroid dienone is 1. The second kappa shape index (κ2) is 8.90. The number of esters is 3. The fourth-order valence-electron chi connectivity index (χ4n) is 6.64. The summed E-state index contributed by atoms with van der Waals surface area (Å²) >= 11 is 0. The number of phenolic OH excluding ortho intramolecular Hbond substituents is 1. The Morgan fingerprint density at radius 2 is 1.81 bits per heavy atom. The number of methoxy groups -OCH3 is 1. The van der Waals surface area contributed by atoms with Gasteiger partial charge in [-0.05, 0) is 66.5 Å². The van der Waals surface area contributed by atoms with Crippen molar-refractivity contribution in [2.24, 2.45) is 28.6 Å². The van der Waals surface area contributed by atoms with Gasteiger partial charge in [0.25, 0.3) is 0 Å².